The standard InChI is InChI=1S/C8H14N2O4.2ClH/c9-5(7(11)12)3-1-2-4-6(10)8(13)14;;/h1-2,5-6H,3-4,9-10H2,(H,11,12)(H,13,14);2*1H/t5-,6-;;/m0../s1. The highest BCUT2D eigenvalue weighted by Gasteiger charge is 2.10. The lowest BCUT2D eigenvalue weighted by Gasteiger charge is -2.02. The van der Waals surface area contributed by atoms with Gasteiger partial charge >= 0.3 is 11.9 Å². The molecule has 0 fully saturated rings. The van der Waals surface area contributed by atoms with Crippen molar-refractivity contribution in [3.63, 3.8) is 0 Å². The molecule has 0 aromatic heterocycles. The van der Waals surface area contributed by atoms with Crippen molar-refractivity contribution in [2.75, 3.05) is 0 Å². The maximum absolute atomic E-state index is 10.3. The summed E-state index contributed by atoms with van der Waals surface area (Å²) in [5, 5.41) is 16.8. The molecule has 0 spiro atoms. The van der Waals surface area contributed by atoms with Crippen molar-refractivity contribution in [3.8, 4) is 0 Å². The third-order valence-electron chi connectivity index (χ3n) is 1.58. The van der Waals surface area contributed by atoms with E-state index in [2.05, 4.69) is 0 Å². The topological polar surface area (TPSA) is 127 Å². The lowest BCUT2D eigenvalue weighted by Crippen LogP contribution is -2.30. The molecule has 0 saturated heterocycles. The first-order valence-corrected chi connectivity index (χ1v) is 4.07. The zero-order valence-corrected chi connectivity index (χ0v) is 10.0. The van der Waals surface area contributed by atoms with Crippen LogP contribution in [-0.4, -0.2) is 34.2 Å². The molecule has 0 bridgehead atoms. The fourth-order valence-electron chi connectivity index (χ4n) is 0.687. The smallest absolute Gasteiger partial charge is 0.320 e. The van der Waals surface area contributed by atoms with Crippen LogP contribution in [0, 0.1) is 0 Å². The molecule has 6 nitrogen and oxygen atoms in total. The van der Waals surface area contributed by atoms with E-state index in [1.807, 2.05) is 0 Å². The highest BCUT2D eigenvalue weighted by molar-refractivity contribution is 5.85. The van der Waals surface area contributed by atoms with Gasteiger partial charge in [-0.05, 0) is 12.8 Å². The molecule has 2 atom stereocenters. The van der Waals surface area contributed by atoms with E-state index in [0.29, 0.717) is 0 Å². The largest absolute Gasteiger partial charge is 0.480 e. The van der Waals surface area contributed by atoms with Crippen molar-refractivity contribution >= 4 is 36.8 Å². The van der Waals surface area contributed by atoms with E-state index in [-0.39, 0.29) is 37.7 Å². The molecule has 0 rings (SSSR count). The van der Waals surface area contributed by atoms with Crippen LogP contribution >= 0.6 is 24.8 Å². The molecule has 0 heterocycles. The average Bonchev–Trinajstić information content (AvgIpc) is 2.11. The van der Waals surface area contributed by atoms with Crippen LogP contribution in [0.2, 0.25) is 0 Å². The predicted octanol–water partition coefficient (Wildman–Crippen LogP) is -0.00980. The van der Waals surface area contributed by atoms with Gasteiger partial charge in [-0.15, -0.1) is 24.8 Å². The maximum atomic E-state index is 10.3. The Labute approximate surface area is 106 Å². The van der Waals surface area contributed by atoms with Crippen molar-refractivity contribution in [2.45, 2.75) is 24.9 Å². The van der Waals surface area contributed by atoms with Crippen LogP contribution in [0.25, 0.3) is 0 Å². The summed E-state index contributed by atoms with van der Waals surface area (Å²) in [6, 6.07) is -1.90. The first-order valence-electron chi connectivity index (χ1n) is 4.07. The summed E-state index contributed by atoms with van der Waals surface area (Å²) in [6.07, 6.45) is 3.37. The second-order valence-corrected chi connectivity index (χ2v) is 2.83. The van der Waals surface area contributed by atoms with Crippen LogP contribution in [0.3, 0.4) is 0 Å². The van der Waals surface area contributed by atoms with Gasteiger partial charge in [-0.2, -0.15) is 0 Å². The number of aliphatic carboxylic acids is 2. The Morgan fingerprint density at radius 1 is 0.938 bits per heavy atom. The first kappa shape index (κ1) is 20.6. The first-order chi connectivity index (χ1) is 6.45. The summed E-state index contributed by atoms with van der Waals surface area (Å²) in [4.78, 5) is 20.5. The Kier molecular flexibility index (Phi) is 13.7. The van der Waals surface area contributed by atoms with Crippen molar-refractivity contribution < 1.29 is 19.8 Å². The molecule has 0 saturated carbocycles. The van der Waals surface area contributed by atoms with Gasteiger partial charge in [0, 0.05) is 0 Å². The van der Waals surface area contributed by atoms with E-state index in [0.717, 1.165) is 0 Å². The number of carboxylic acids is 2. The number of carbonyl (C=O) groups is 2. The fraction of sp³-hybridized carbons (Fsp3) is 0.500. The quantitative estimate of drug-likeness (QED) is 0.505. The number of carboxylic acid groups (broad SMARTS) is 2. The van der Waals surface area contributed by atoms with E-state index in [9.17, 15) is 9.59 Å². The van der Waals surface area contributed by atoms with Gasteiger partial charge in [-0.1, -0.05) is 12.2 Å². The van der Waals surface area contributed by atoms with Gasteiger partial charge in [0.15, 0.2) is 0 Å². The molecular formula is C8H16Cl2N2O4. The van der Waals surface area contributed by atoms with Crippen molar-refractivity contribution in [1.82, 2.24) is 0 Å². The maximum Gasteiger partial charge on any atom is 0.320 e. The van der Waals surface area contributed by atoms with Crippen LogP contribution < -0.4 is 11.5 Å². The minimum Gasteiger partial charge on any atom is -0.480 e. The zero-order chi connectivity index (χ0) is 11.1. The van der Waals surface area contributed by atoms with Crippen LogP contribution in [0.4, 0.5) is 0 Å². The van der Waals surface area contributed by atoms with Gasteiger partial charge in [-0.3, -0.25) is 9.59 Å². The van der Waals surface area contributed by atoms with E-state index >= 15 is 0 Å². The minimum atomic E-state index is -1.09. The van der Waals surface area contributed by atoms with Crippen LogP contribution in [0.5, 0.6) is 0 Å². The van der Waals surface area contributed by atoms with Crippen LogP contribution in [0.1, 0.15) is 12.8 Å². The molecule has 0 aliphatic heterocycles. The molecule has 8 heteroatoms. The highest BCUT2D eigenvalue weighted by atomic mass is 35.5. The Bertz CT molecular complexity index is 224. The van der Waals surface area contributed by atoms with Crippen molar-refractivity contribution in [2.24, 2.45) is 11.5 Å². The monoisotopic (exact) mass is 274 g/mol. The minimum absolute atomic E-state index is 0. The molecule has 16 heavy (non-hydrogen) atoms. The van der Waals surface area contributed by atoms with Gasteiger partial charge in [0.1, 0.15) is 12.1 Å². The third-order valence-corrected chi connectivity index (χ3v) is 1.58. The van der Waals surface area contributed by atoms with E-state index < -0.39 is 24.0 Å². The molecule has 0 aromatic carbocycles. The van der Waals surface area contributed by atoms with Gasteiger partial charge in [0.05, 0.1) is 0 Å². The third kappa shape index (κ3) is 9.72. The second kappa shape index (κ2) is 10.7. The number of rotatable bonds is 6. The van der Waals surface area contributed by atoms with Crippen molar-refractivity contribution in [3.05, 3.63) is 12.2 Å². The molecule has 0 aliphatic rings. The molecule has 0 aromatic rings. The average molecular weight is 275 g/mol. The van der Waals surface area contributed by atoms with E-state index in [4.69, 9.17) is 21.7 Å². The highest BCUT2D eigenvalue weighted by Crippen LogP contribution is 1.95. The summed E-state index contributed by atoms with van der Waals surface area (Å²) >= 11 is 0. The molecule has 0 aliphatic carbocycles. The van der Waals surface area contributed by atoms with Gasteiger partial charge in [0.25, 0.3) is 0 Å². The molecular weight excluding hydrogens is 259 g/mol. The summed E-state index contributed by atoms with van der Waals surface area (Å²) in [7, 11) is 0. The van der Waals surface area contributed by atoms with Crippen LogP contribution in [0.15, 0.2) is 12.2 Å². The van der Waals surface area contributed by atoms with Crippen molar-refractivity contribution in [1.29, 1.82) is 0 Å². The lowest BCUT2D eigenvalue weighted by molar-refractivity contribution is -0.139. The van der Waals surface area contributed by atoms with E-state index in [1.165, 1.54) is 12.2 Å². The predicted molar refractivity (Wildman–Crippen MR) is 64.1 cm³/mol. The summed E-state index contributed by atoms with van der Waals surface area (Å²) in [6.45, 7) is 0. The zero-order valence-electron chi connectivity index (χ0n) is 8.41. The molecule has 0 radical (unpaired) electrons. The summed E-state index contributed by atoms with van der Waals surface area (Å²) in [5.74, 6) is -2.17. The molecule has 6 N–H and O–H groups in total. The Balaban J connectivity index is -0.000000845. The van der Waals surface area contributed by atoms with Gasteiger partial charge in [-0.25, -0.2) is 0 Å². The summed E-state index contributed by atoms with van der Waals surface area (Å²) in [5.41, 5.74) is 10.4. The fourth-order valence-corrected chi connectivity index (χ4v) is 0.687. The molecule has 0 unspecified atom stereocenters. The summed E-state index contributed by atoms with van der Waals surface area (Å²) < 4.78 is 0. The normalized spacial score (nSPS) is 13.4. The van der Waals surface area contributed by atoms with Crippen LogP contribution in [-0.2, 0) is 9.59 Å². The van der Waals surface area contributed by atoms with E-state index in [1.54, 1.807) is 0 Å². The SMILES string of the molecule is Cl.Cl.N[C@@H](CC=CC[C@H](N)C(=O)O)C(=O)O. The van der Waals surface area contributed by atoms with Gasteiger partial charge < -0.3 is 21.7 Å². The van der Waals surface area contributed by atoms with Gasteiger partial charge in [0.2, 0.25) is 0 Å². The Morgan fingerprint density at radius 2 is 1.19 bits per heavy atom. The second-order valence-electron chi connectivity index (χ2n) is 2.83. The number of hydrogen-bond acceptors (Lipinski definition) is 4. The lowest BCUT2D eigenvalue weighted by atomic mass is 10.1. The number of nitrogens with two attached hydrogens (primary N) is 2. The molecule has 0 amide bonds. The number of halogens is 2. The Morgan fingerprint density at radius 3 is 1.38 bits per heavy atom. The number of hydrogen-bond donors (Lipinski definition) is 4. The Hall–Kier alpha value is -0.820. The molecule has 96 valence electrons.